The number of carbonyl (C=O) groups is 1. The summed E-state index contributed by atoms with van der Waals surface area (Å²) in [7, 11) is 0. The van der Waals surface area contributed by atoms with Gasteiger partial charge in [-0.3, -0.25) is 0 Å². The Kier molecular flexibility index (Phi) is 3.48. The SMILES string of the molecule is O=C(O)c1oc(-c2cccc(F)c2Cl)nc1C(F)F. The summed E-state index contributed by atoms with van der Waals surface area (Å²) in [6.45, 7) is 0. The predicted molar refractivity (Wildman–Crippen MR) is 58.8 cm³/mol. The zero-order valence-electron chi connectivity index (χ0n) is 9.03. The average molecular weight is 292 g/mol. The van der Waals surface area contributed by atoms with E-state index in [2.05, 4.69) is 4.98 Å². The van der Waals surface area contributed by atoms with Crippen LogP contribution in [0.3, 0.4) is 0 Å². The highest BCUT2D eigenvalue weighted by Crippen LogP contribution is 2.33. The normalized spacial score (nSPS) is 11.0. The maximum Gasteiger partial charge on any atom is 0.374 e. The second-order valence-electron chi connectivity index (χ2n) is 3.44. The predicted octanol–water partition coefficient (Wildman–Crippen LogP) is 3.77. The van der Waals surface area contributed by atoms with Crippen LogP contribution >= 0.6 is 11.6 Å². The molecular weight excluding hydrogens is 287 g/mol. The molecule has 2 aromatic rings. The first-order chi connectivity index (χ1) is 8.91. The van der Waals surface area contributed by atoms with Crippen molar-refractivity contribution >= 4 is 17.6 Å². The van der Waals surface area contributed by atoms with Crippen LogP contribution in [0.5, 0.6) is 0 Å². The van der Waals surface area contributed by atoms with Crippen molar-refractivity contribution in [3.8, 4) is 11.5 Å². The van der Waals surface area contributed by atoms with E-state index in [9.17, 15) is 18.0 Å². The molecule has 0 unspecified atom stereocenters. The van der Waals surface area contributed by atoms with Crippen LogP contribution in [0.4, 0.5) is 13.2 Å². The molecule has 0 fully saturated rings. The average Bonchev–Trinajstić information content (AvgIpc) is 2.77. The van der Waals surface area contributed by atoms with Crippen molar-refractivity contribution < 1.29 is 27.5 Å². The monoisotopic (exact) mass is 291 g/mol. The Labute approximate surface area is 109 Å². The van der Waals surface area contributed by atoms with E-state index >= 15 is 0 Å². The van der Waals surface area contributed by atoms with Crippen LogP contribution < -0.4 is 0 Å². The van der Waals surface area contributed by atoms with Crippen LogP contribution in [0.1, 0.15) is 22.7 Å². The van der Waals surface area contributed by atoms with Gasteiger partial charge in [-0.25, -0.2) is 22.9 Å². The van der Waals surface area contributed by atoms with Gasteiger partial charge in [0.1, 0.15) is 5.82 Å². The lowest BCUT2D eigenvalue weighted by atomic mass is 10.2. The fourth-order valence-electron chi connectivity index (χ4n) is 1.42. The van der Waals surface area contributed by atoms with Gasteiger partial charge in [0.25, 0.3) is 6.43 Å². The minimum absolute atomic E-state index is 0.101. The van der Waals surface area contributed by atoms with E-state index in [0.29, 0.717) is 0 Å². The summed E-state index contributed by atoms with van der Waals surface area (Å²) in [4.78, 5) is 14.1. The van der Waals surface area contributed by atoms with Gasteiger partial charge in [0, 0.05) is 0 Å². The van der Waals surface area contributed by atoms with Crippen LogP contribution in [-0.4, -0.2) is 16.1 Å². The minimum atomic E-state index is -3.13. The summed E-state index contributed by atoms with van der Waals surface area (Å²) in [6, 6.07) is 3.60. The van der Waals surface area contributed by atoms with Crippen molar-refractivity contribution in [3.63, 3.8) is 0 Å². The summed E-state index contributed by atoms with van der Waals surface area (Å²) in [5.74, 6) is -3.96. The maximum atomic E-state index is 13.2. The van der Waals surface area contributed by atoms with E-state index in [1.54, 1.807) is 0 Å². The number of rotatable bonds is 3. The number of alkyl halides is 2. The smallest absolute Gasteiger partial charge is 0.374 e. The number of nitrogens with zero attached hydrogens (tertiary/aromatic N) is 1. The number of aromatic carboxylic acids is 1. The van der Waals surface area contributed by atoms with Gasteiger partial charge in [0.2, 0.25) is 11.7 Å². The third-order valence-corrected chi connectivity index (χ3v) is 2.62. The number of halogens is 4. The minimum Gasteiger partial charge on any atom is -0.475 e. The summed E-state index contributed by atoms with van der Waals surface area (Å²) in [6.07, 6.45) is -3.13. The van der Waals surface area contributed by atoms with Crippen molar-refractivity contribution in [2.75, 3.05) is 0 Å². The second kappa shape index (κ2) is 4.93. The number of hydrogen-bond acceptors (Lipinski definition) is 3. The summed E-state index contributed by atoms with van der Waals surface area (Å²) in [5.41, 5.74) is -1.13. The first kappa shape index (κ1) is 13.4. The third kappa shape index (κ3) is 2.41. The highest BCUT2D eigenvalue weighted by atomic mass is 35.5. The lowest BCUT2D eigenvalue weighted by molar-refractivity contribution is 0.0647. The van der Waals surface area contributed by atoms with Crippen molar-refractivity contribution in [3.05, 3.63) is 40.5 Å². The summed E-state index contributed by atoms with van der Waals surface area (Å²) < 4.78 is 43.1. The van der Waals surface area contributed by atoms with Crippen molar-refractivity contribution in [2.24, 2.45) is 0 Å². The van der Waals surface area contributed by atoms with Gasteiger partial charge in [0.15, 0.2) is 5.69 Å². The fourth-order valence-corrected chi connectivity index (χ4v) is 1.62. The molecule has 19 heavy (non-hydrogen) atoms. The topological polar surface area (TPSA) is 63.3 Å². The zero-order valence-corrected chi connectivity index (χ0v) is 9.79. The van der Waals surface area contributed by atoms with E-state index in [1.807, 2.05) is 0 Å². The molecule has 0 atom stereocenters. The molecule has 1 aromatic carbocycles. The quantitative estimate of drug-likeness (QED) is 0.935. The molecule has 1 heterocycles. The van der Waals surface area contributed by atoms with Gasteiger partial charge in [-0.1, -0.05) is 17.7 Å². The summed E-state index contributed by atoms with van der Waals surface area (Å²) >= 11 is 5.64. The number of carboxylic acids is 1. The lowest BCUT2D eigenvalue weighted by Gasteiger charge is -1.99. The molecule has 0 saturated heterocycles. The first-order valence-electron chi connectivity index (χ1n) is 4.88. The zero-order chi connectivity index (χ0) is 14.2. The van der Waals surface area contributed by atoms with E-state index in [4.69, 9.17) is 21.1 Å². The molecule has 1 aromatic heterocycles. The number of carboxylic acid groups (broad SMARTS) is 1. The lowest BCUT2D eigenvalue weighted by Crippen LogP contribution is -1.99. The molecule has 0 aliphatic rings. The van der Waals surface area contributed by atoms with Gasteiger partial charge >= 0.3 is 5.97 Å². The number of hydrogen-bond donors (Lipinski definition) is 1. The van der Waals surface area contributed by atoms with Gasteiger partial charge in [0.05, 0.1) is 10.6 Å². The molecule has 0 radical (unpaired) electrons. The van der Waals surface area contributed by atoms with Crippen LogP contribution in [0, 0.1) is 5.82 Å². The Bertz CT molecular complexity index is 642. The highest BCUT2D eigenvalue weighted by Gasteiger charge is 2.27. The van der Waals surface area contributed by atoms with Crippen LogP contribution in [0.15, 0.2) is 22.6 Å². The van der Waals surface area contributed by atoms with Crippen LogP contribution in [0.2, 0.25) is 5.02 Å². The van der Waals surface area contributed by atoms with E-state index < -0.39 is 35.6 Å². The van der Waals surface area contributed by atoms with E-state index in [-0.39, 0.29) is 10.6 Å². The highest BCUT2D eigenvalue weighted by molar-refractivity contribution is 6.33. The van der Waals surface area contributed by atoms with Crippen LogP contribution in [0.25, 0.3) is 11.5 Å². The Morgan fingerprint density at radius 2 is 2.11 bits per heavy atom. The van der Waals surface area contributed by atoms with Crippen molar-refractivity contribution in [2.45, 2.75) is 6.43 Å². The fraction of sp³-hybridized carbons (Fsp3) is 0.0909. The Balaban J connectivity index is 2.61. The Morgan fingerprint density at radius 3 is 2.63 bits per heavy atom. The van der Waals surface area contributed by atoms with Gasteiger partial charge in [-0.15, -0.1) is 0 Å². The van der Waals surface area contributed by atoms with Gasteiger partial charge in [-0.2, -0.15) is 0 Å². The first-order valence-corrected chi connectivity index (χ1v) is 5.26. The molecule has 0 bridgehead atoms. The molecule has 100 valence electrons. The van der Waals surface area contributed by atoms with E-state index in [0.717, 1.165) is 6.07 Å². The van der Waals surface area contributed by atoms with Crippen molar-refractivity contribution in [1.82, 2.24) is 4.98 Å². The van der Waals surface area contributed by atoms with Crippen LogP contribution in [-0.2, 0) is 0 Å². The molecule has 0 aliphatic heterocycles. The number of aromatic nitrogens is 1. The Morgan fingerprint density at radius 1 is 1.42 bits per heavy atom. The second-order valence-corrected chi connectivity index (χ2v) is 3.82. The molecule has 1 N–H and O–H groups in total. The third-order valence-electron chi connectivity index (χ3n) is 2.24. The Hall–Kier alpha value is -2.02. The molecule has 0 aliphatic carbocycles. The maximum absolute atomic E-state index is 13.2. The molecular formula is C11H5ClF3NO3. The van der Waals surface area contributed by atoms with Gasteiger partial charge < -0.3 is 9.52 Å². The van der Waals surface area contributed by atoms with Crippen molar-refractivity contribution in [1.29, 1.82) is 0 Å². The number of benzene rings is 1. The molecule has 0 saturated carbocycles. The van der Waals surface area contributed by atoms with Gasteiger partial charge in [-0.05, 0) is 12.1 Å². The summed E-state index contributed by atoms with van der Waals surface area (Å²) in [5, 5.41) is 8.34. The largest absolute Gasteiger partial charge is 0.475 e. The molecule has 0 spiro atoms. The standard InChI is InChI=1S/C11H5ClF3NO3/c12-6-4(2-1-3-5(6)13)10-16-7(9(14)15)8(19-10)11(17)18/h1-3,9H,(H,17,18). The van der Waals surface area contributed by atoms with E-state index in [1.165, 1.54) is 12.1 Å². The molecule has 2 rings (SSSR count). The molecule has 0 amide bonds. The number of oxazole rings is 1. The molecule has 4 nitrogen and oxygen atoms in total. The molecule has 8 heteroatoms.